The zero-order valence-corrected chi connectivity index (χ0v) is 19.9. The van der Waals surface area contributed by atoms with Gasteiger partial charge in [-0.15, -0.1) is 24.0 Å². The molecule has 0 bridgehead atoms. The molecule has 9 heteroatoms. The van der Waals surface area contributed by atoms with Crippen molar-refractivity contribution in [2.45, 2.75) is 58.3 Å². The van der Waals surface area contributed by atoms with E-state index in [1.807, 2.05) is 28.6 Å². The second-order valence-electron chi connectivity index (χ2n) is 7.70. The highest BCUT2D eigenvalue weighted by atomic mass is 127. The first kappa shape index (κ1) is 22.5. The van der Waals surface area contributed by atoms with Crippen molar-refractivity contribution in [3.05, 3.63) is 47.0 Å². The maximum absolute atomic E-state index is 12.5. The average Bonchev–Trinajstić information content (AvgIpc) is 3.33. The van der Waals surface area contributed by atoms with Crippen molar-refractivity contribution in [2.75, 3.05) is 13.6 Å². The maximum atomic E-state index is 12.5. The van der Waals surface area contributed by atoms with Gasteiger partial charge in [-0.3, -0.25) is 9.79 Å². The third-order valence-electron chi connectivity index (χ3n) is 5.57. The van der Waals surface area contributed by atoms with Gasteiger partial charge in [0, 0.05) is 39.6 Å². The third kappa shape index (κ3) is 5.11. The fourth-order valence-electron chi connectivity index (χ4n) is 4.08. The van der Waals surface area contributed by atoms with Gasteiger partial charge in [-0.25, -0.2) is 9.67 Å². The average molecular weight is 523 g/mol. The number of hydrogen-bond donors (Lipinski definition) is 2. The quantitative estimate of drug-likeness (QED) is 0.272. The van der Waals surface area contributed by atoms with Crippen molar-refractivity contribution < 1.29 is 4.79 Å². The van der Waals surface area contributed by atoms with Crippen molar-refractivity contribution in [2.24, 2.45) is 4.99 Å². The fourth-order valence-corrected chi connectivity index (χ4v) is 4.08. The molecule has 0 saturated heterocycles. The standard InChI is InChI=1S/C21H29N7O.HI/c1-15-24-20-18(9-6-12-28(20)26-15)25-21(22-2)23-11-5-10-19(29)27-13-16-7-3-4-8-17(16)14-27;/h3-4,7-8,18H,5-6,9-14H2,1-2H3,(H2,22,23,25);1H. The van der Waals surface area contributed by atoms with E-state index in [0.717, 1.165) is 56.5 Å². The van der Waals surface area contributed by atoms with Crippen molar-refractivity contribution >= 4 is 35.8 Å². The Kier molecular flexibility index (Phi) is 7.68. The van der Waals surface area contributed by atoms with Crippen molar-refractivity contribution in [3.8, 4) is 0 Å². The van der Waals surface area contributed by atoms with Crippen LogP contribution >= 0.6 is 24.0 Å². The van der Waals surface area contributed by atoms with Gasteiger partial charge in [-0.2, -0.15) is 5.10 Å². The van der Waals surface area contributed by atoms with E-state index in [1.165, 1.54) is 11.1 Å². The summed E-state index contributed by atoms with van der Waals surface area (Å²) in [7, 11) is 1.76. The van der Waals surface area contributed by atoms with E-state index in [1.54, 1.807) is 7.05 Å². The Hall–Kier alpha value is -2.17. The summed E-state index contributed by atoms with van der Waals surface area (Å²) >= 11 is 0. The predicted molar refractivity (Wildman–Crippen MR) is 127 cm³/mol. The summed E-state index contributed by atoms with van der Waals surface area (Å²) in [5.74, 6) is 2.73. The largest absolute Gasteiger partial charge is 0.356 e. The van der Waals surface area contributed by atoms with Crippen LogP contribution in [-0.2, 0) is 24.4 Å². The van der Waals surface area contributed by atoms with E-state index in [4.69, 9.17) is 0 Å². The fraction of sp³-hybridized carbons (Fsp3) is 0.524. The molecular weight excluding hydrogens is 493 g/mol. The summed E-state index contributed by atoms with van der Waals surface area (Å²) in [6.45, 7) is 5.00. The number of hydrogen-bond acceptors (Lipinski definition) is 4. The number of rotatable bonds is 5. The number of guanidine groups is 1. The van der Waals surface area contributed by atoms with Gasteiger partial charge in [0.2, 0.25) is 5.91 Å². The number of halogens is 1. The summed E-state index contributed by atoms with van der Waals surface area (Å²) in [5, 5.41) is 11.2. The van der Waals surface area contributed by atoms with Gasteiger partial charge in [0.1, 0.15) is 11.6 Å². The van der Waals surface area contributed by atoms with Crippen LogP contribution in [0.5, 0.6) is 0 Å². The van der Waals surface area contributed by atoms with Crippen molar-refractivity contribution in [3.63, 3.8) is 0 Å². The number of aliphatic imine (C=N–C) groups is 1. The smallest absolute Gasteiger partial charge is 0.223 e. The molecule has 0 fully saturated rings. The molecule has 3 heterocycles. The highest BCUT2D eigenvalue weighted by molar-refractivity contribution is 14.0. The Morgan fingerprint density at radius 3 is 2.70 bits per heavy atom. The number of fused-ring (bicyclic) bond motifs is 2. The zero-order chi connectivity index (χ0) is 20.2. The number of aromatic nitrogens is 3. The van der Waals surface area contributed by atoms with Crippen LogP contribution in [0.25, 0.3) is 0 Å². The topological polar surface area (TPSA) is 87.4 Å². The highest BCUT2D eigenvalue weighted by Gasteiger charge is 2.25. The van der Waals surface area contributed by atoms with Gasteiger partial charge in [0.25, 0.3) is 0 Å². The van der Waals surface area contributed by atoms with Gasteiger partial charge < -0.3 is 15.5 Å². The lowest BCUT2D eigenvalue weighted by Crippen LogP contribution is -2.42. The van der Waals surface area contributed by atoms with Gasteiger partial charge >= 0.3 is 0 Å². The second kappa shape index (κ2) is 10.2. The molecule has 4 rings (SSSR count). The van der Waals surface area contributed by atoms with E-state index < -0.39 is 0 Å². The first-order valence-corrected chi connectivity index (χ1v) is 10.4. The molecule has 162 valence electrons. The number of benzene rings is 1. The Morgan fingerprint density at radius 2 is 2.00 bits per heavy atom. The first-order chi connectivity index (χ1) is 14.1. The number of nitrogens with one attached hydrogen (secondary N) is 2. The lowest BCUT2D eigenvalue weighted by molar-refractivity contribution is -0.131. The van der Waals surface area contributed by atoms with Gasteiger partial charge in [0.05, 0.1) is 6.04 Å². The Morgan fingerprint density at radius 1 is 1.27 bits per heavy atom. The van der Waals surface area contributed by atoms with Gasteiger partial charge in [-0.1, -0.05) is 24.3 Å². The Labute approximate surface area is 194 Å². The normalized spacial score (nSPS) is 17.7. The van der Waals surface area contributed by atoms with E-state index in [9.17, 15) is 4.79 Å². The minimum atomic E-state index is 0. The molecule has 1 aromatic carbocycles. The molecule has 2 aromatic rings. The molecule has 0 radical (unpaired) electrons. The number of carbonyl (C=O) groups excluding carboxylic acids is 1. The van der Waals surface area contributed by atoms with E-state index in [0.29, 0.717) is 13.0 Å². The van der Waals surface area contributed by atoms with Crippen LogP contribution in [0.1, 0.15) is 54.5 Å². The number of nitrogens with zero attached hydrogens (tertiary/aromatic N) is 5. The van der Waals surface area contributed by atoms with E-state index >= 15 is 0 Å². The predicted octanol–water partition coefficient (Wildman–Crippen LogP) is 2.53. The zero-order valence-electron chi connectivity index (χ0n) is 17.6. The molecule has 2 aliphatic rings. The maximum Gasteiger partial charge on any atom is 0.223 e. The lowest BCUT2D eigenvalue weighted by Gasteiger charge is -2.25. The molecule has 0 aliphatic carbocycles. The number of amides is 1. The van der Waals surface area contributed by atoms with Crippen LogP contribution in [0.2, 0.25) is 0 Å². The molecule has 1 atom stereocenters. The van der Waals surface area contributed by atoms with Crippen LogP contribution in [-0.4, -0.2) is 45.1 Å². The van der Waals surface area contributed by atoms with Gasteiger partial charge in [0.15, 0.2) is 5.96 Å². The summed E-state index contributed by atoms with van der Waals surface area (Å²) in [4.78, 5) is 23.3. The summed E-state index contributed by atoms with van der Waals surface area (Å²) in [5.41, 5.74) is 2.53. The first-order valence-electron chi connectivity index (χ1n) is 10.4. The molecule has 30 heavy (non-hydrogen) atoms. The summed E-state index contributed by atoms with van der Waals surface area (Å²) in [6, 6.07) is 8.39. The summed E-state index contributed by atoms with van der Waals surface area (Å²) < 4.78 is 1.98. The molecule has 8 nitrogen and oxygen atoms in total. The van der Waals surface area contributed by atoms with Crippen LogP contribution in [0.3, 0.4) is 0 Å². The van der Waals surface area contributed by atoms with Gasteiger partial charge in [-0.05, 0) is 37.3 Å². The van der Waals surface area contributed by atoms with Crippen LogP contribution < -0.4 is 10.6 Å². The van der Waals surface area contributed by atoms with Crippen LogP contribution in [0.15, 0.2) is 29.3 Å². The second-order valence-corrected chi connectivity index (χ2v) is 7.70. The molecule has 0 saturated carbocycles. The van der Waals surface area contributed by atoms with Crippen LogP contribution in [0.4, 0.5) is 0 Å². The monoisotopic (exact) mass is 523 g/mol. The minimum Gasteiger partial charge on any atom is -0.356 e. The van der Waals surface area contributed by atoms with Crippen molar-refractivity contribution in [1.82, 2.24) is 30.3 Å². The highest BCUT2D eigenvalue weighted by Crippen LogP contribution is 2.23. The molecule has 0 spiro atoms. The van der Waals surface area contributed by atoms with Crippen LogP contribution in [0, 0.1) is 6.92 Å². The number of carbonyl (C=O) groups is 1. The Balaban J connectivity index is 0.00000256. The number of aryl methyl sites for hydroxylation is 2. The summed E-state index contributed by atoms with van der Waals surface area (Å²) in [6.07, 6.45) is 3.38. The molecule has 1 amide bonds. The molecule has 2 aliphatic heterocycles. The Bertz CT molecular complexity index is 886. The lowest BCUT2D eigenvalue weighted by atomic mass is 10.1. The van der Waals surface area contributed by atoms with E-state index in [-0.39, 0.29) is 35.9 Å². The van der Waals surface area contributed by atoms with E-state index in [2.05, 4.69) is 37.8 Å². The third-order valence-corrected chi connectivity index (χ3v) is 5.57. The SMILES string of the molecule is CN=C(NCCCC(=O)N1Cc2ccccc2C1)NC1CCCn2nc(C)nc21.I. The van der Waals surface area contributed by atoms with Crippen molar-refractivity contribution in [1.29, 1.82) is 0 Å². The molecule has 2 N–H and O–H groups in total. The molecular formula is C21H30IN7O. The molecule has 1 aromatic heterocycles. The minimum absolute atomic E-state index is 0. The molecule has 1 unspecified atom stereocenters.